The molecule has 26 heavy (non-hydrogen) atoms. The van der Waals surface area contributed by atoms with Crippen molar-refractivity contribution in [3.8, 4) is 11.3 Å². The van der Waals surface area contributed by atoms with E-state index in [1.165, 1.54) is 36.0 Å². The van der Waals surface area contributed by atoms with E-state index in [-0.39, 0.29) is 22.2 Å². The van der Waals surface area contributed by atoms with Crippen LogP contribution < -0.4 is 5.32 Å². The molecule has 3 aromatic rings. The van der Waals surface area contributed by atoms with Gasteiger partial charge in [-0.2, -0.15) is 0 Å². The van der Waals surface area contributed by atoms with Crippen LogP contribution in [0.25, 0.3) is 11.3 Å². The van der Waals surface area contributed by atoms with Gasteiger partial charge in [-0.15, -0.1) is 23.1 Å². The van der Waals surface area contributed by atoms with Crippen LogP contribution in [-0.4, -0.2) is 22.1 Å². The van der Waals surface area contributed by atoms with Crippen molar-refractivity contribution < 1.29 is 14.1 Å². The van der Waals surface area contributed by atoms with Crippen molar-refractivity contribution in [1.29, 1.82) is 0 Å². The first-order chi connectivity index (χ1) is 12.5. The average molecular weight is 389 g/mol. The highest BCUT2D eigenvalue weighted by molar-refractivity contribution is 7.98. The lowest BCUT2D eigenvalue weighted by atomic mass is 10.1. The van der Waals surface area contributed by atoms with Crippen LogP contribution in [0.1, 0.15) is 10.4 Å². The van der Waals surface area contributed by atoms with E-state index < -0.39 is 10.8 Å². The van der Waals surface area contributed by atoms with Crippen molar-refractivity contribution in [2.75, 3.05) is 11.6 Å². The summed E-state index contributed by atoms with van der Waals surface area (Å²) in [6, 6.07) is 10.3. The summed E-state index contributed by atoms with van der Waals surface area (Å²) in [7, 11) is 0. The van der Waals surface area contributed by atoms with Gasteiger partial charge in [-0.05, 0) is 30.5 Å². The number of hydrogen-bond acceptors (Lipinski definition) is 6. The molecule has 0 atom stereocenters. The van der Waals surface area contributed by atoms with Crippen molar-refractivity contribution in [3.05, 3.63) is 69.3 Å². The van der Waals surface area contributed by atoms with Crippen LogP contribution in [0, 0.1) is 15.9 Å². The van der Waals surface area contributed by atoms with E-state index in [2.05, 4.69) is 10.3 Å². The Morgan fingerprint density at radius 3 is 2.81 bits per heavy atom. The molecule has 1 heterocycles. The normalized spacial score (nSPS) is 10.5. The van der Waals surface area contributed by atoms with Gasteiger partial charge in [0.1, 0.15) is 11.4 Å². The number of thioether (sulfide) groups is 1. The first-order valence-corrected chi connectivity index (χ1v) is 9.43. The maximum Gasteiger partial charge on any atom is 0.282 e. The number of nitro benzene ring substituents is 1. The molecule has 0 fully saturated rings. The first-order valence-electron chi connectivity index (χ1n) is 7.33. The second kappa shape index (κ2) is 7.63. The summed E-state index contributed by atoms with van der Waals surface area (Å²) in [5, 5.41) is 15.7. The lowest BCUT2D eigenvalue weighted by molar-refractivity contribution is -0.385. The minimum Gasteiger partial charge on any atom is -0.298 e. The molecular weight excluding hydrogens is 377 g/mol. The number of benzene rings is 2. The maximum atomic E-state index is 13.3. The molecule has 3 rings (SSSR count). The fourth-order valence-electron chi connectivity index (χ4n) is 2.26. The molecule has 0 saturated heterocycles. The number of halogens is 1. The highest BCUT2D eigenvalue weighted by Gasteiger charge is 2.21. The minimum absolute atomic E-state index is 0.0376. The Labute approximate surface area is 156 Å². The van der Waals surface area contributed by atoms with Gasteiger partial charge in [-0.1, -0.05) is 12.1 Å². The first kappa shape index (κ1) is 18.0. The zero-order chi connectivity index (χ0) is 18.7. The van der Waals surface area contributed by atoms with E-state index in [0.717, 1.165) is 16.2 Å². The summed E-state index contributed by atoms with van der Waals surface area (Å²) in [4.78, 5) is 28.0. The number of carbonyl (C=O) groups is 1. The molecule has 0 radical (unpaired) electrons. The van der Waals surface area contributed by atoms with Gasteiger partial charge >= 0.3 is 0 Å². The number of carbonyl (C=O) groups excluding carboxylic acids is 1. The Kier molecular flexibility index (Phi) is 5.29. The lowest BCUT2D eigenvalue weighted by Gasteiger charge is -2.05. The predicted octanol–water partition coefficient (Wildman–Crippen LogP) is 4.83. The number of aromatic nitrogens is 1. The lowest BCUT2D eigenvalue weighted by Crippen LogP contribution is -2.14. The highest BCUT2D eigenvalue weighted by Crippen LogP contribution is 2.28. The molecule has 0 aliphatic rings. The number of rotatable bonds is 5. The summed E-state index contributed by atoms with van der Waals surface area (Å²) in [6.07, 6.45) is 1.81. The number of anilines is 1. The molecule has 132 valence electrons. The van der Waals surface area contributed by atoms with E-state index in [4.69, 9.17) is 0 Å². The molecule has 0 aliphatic carbocycles. The summed E-state index contributed by atoms with van der Waals surface area (Å²) in [5.41, 5.74) is 0.779. The zero-order valence-electron chi connectivity index (χ0n) is 13.4. The quantitative estimate of drug-likeness (QED) is 0.384. The van der Waals surface area contributed by atoms with E-state index in [1.54, 1.807) is 23.6 Å². The topological polar surface area (TPSA) is 85.1 Å². The molecule has 9 heteroatoms. The van der Waals surface area contributed by atoms with Crippen molar-refractivity contribution in [3.63, 3.8) is 0 Å². The molecule has 1 amide bonds. The van der Waals surface area contributed by atoms with Gasteiger partial charge in [0.2, 0.25) is 0 Å². The van der Waals surface area contributed by atoms with Gasteiger partial charge in [0.05, 0.1) is 10.6 Å². The van der Waals surface area contributed by atoms with E-state index >= 15 is 0 Å². The summed E-state index contributed by atoms with van der Waals surface area (Å²) in [6.45, 7) is 0. The Hall–Kier alpha value is -2.78. The van der Waals surface area contributed by atoms with Crippen LogP contribution in [0.2, 0.25) is 0 Å². The molecule has 0 bridgehead atoms. The Balaban J connectivity index is 1.86. The fourth-order valence-corrected chi connectivity index (χ4v) is 3.41. The Morgan fingerprint density at radius 1 is 1.31 bits per heavy atom. The van der Waals surface area contributed by atoms with Crippen molar-refractivity contribution in [2.24, 2.45) is 0 Å². The molecule has 0 aliphatic heterocycles. The van der Waals surface area contributed by atoms with Gasteiger partial charge in [-0.25, -0.2) is 9.37 Å². The molecule has 0 spiro atoms. The van der Waals surface area contributed by atoms with Gasteiger partial charge in [0.25, 0.3) is 11.6 Å². The molecule has 6 nitrogen and oxygen atoms in total. The van der Waals surface area contributed by atoms with Crippen molar-refractivity contribution in [1.82, 2.24) is 4.98 Å². The van der Waals surface area contributed by atoms with Crippen LogP contribution in [-0.2, 0) is 0 Å². The van der Waals surface area contributed by atoms with E-state index in [0.29, 0.717) is 11.3 Å². The molecule has 1 aromatic heterocycles. The molecular formula is C17H12FN3O3S2. The molecule has 1 N–H and O–H groups in total. The Bertz CT molecular complexity index is 991. The van der Waals surface area contributed by atoms with E-state index in [9.17, 15) is 19.3 Å². The minimum atomic E-state index is -0.618. The van der Waals surface area contributed by atoms with Gasteiger partial charge in [0.15, 0.2) is 5.13 Å². The van der Waals surface area contributed by atoms with Crippen LogP contribution in [0.5, 0.6) is 0 Å². The second-order valence-corrected chi connectivity index (χ2v) is 6.88. The predicted molar refractivity (Wildman–Crippen MR) is 100 cm³/mol. The molecule has 0 saturated carbocycles. The molecule has 0 unspecified atom stereocenters. The number of hydrogen-bond donors (Lipinski definition) is 1. The largest absolute Gasteiger partial charge is 0.298 e. The summed E-state index contributed by atoms with van der Waals surface area (Å²) < 4.78 is 13.3. The van der Waals surface area contributed by atoms with Crippen LogP contribution >= 0.6 is 23.1 Å². The smallest absolute Gasteiger partial charge is 0.282 e. The maximum absolute atomic E-state index is 13.3. The van der Waals surface area contributed by atoms with Gasteiger partial charge < -0.3 is 0 Å². The number of nitro groups is 1. The average Bonchev–Trinajstić information content (AvgIpc) is 3.09. The van der Waals surface area contributed by atoms with Crippen LogP contribution in [0.3, 0.4) is 0 Å². The summed E-state index contributed by atoms with van der Waals surface area (Å²) in [5.74, 6) is -1.00. The number of thiazole rings is 1. The van der Waals surface area contributed by atoms with Crippen molar-refractivity contribution >= 4 is 39.8 Å². The number of nitrogens with zero attached hydrogens (tertiary/aromatic N) is 2. The number of amides is 1. The van der Waals surface area contributed by atoms with Crippen molar-refractivity contribution in [2.45, 2.75) is 4.90 Å². The zero-order valence-corrected chi connectivity index (χ0v) is 15.1. The van der Waals surface area contributed by atoms with Gasteiger partial charge in [0, 0.05) is 21.9 Å². The molecule has 2 aromatic carbocycles. The van der Waals surface area contributed by atoms with Crippen LogP contribution in [0.4, 0.5) is 15.2 Å². The third-order valence-corrected chi connectivity index (χ3v) is 4.97. The highest BCUT2D eigenvalue weighted by atomic mass is 32.2. The van der Waals surface area contributed by atoms with E-state index in [1.807, 2.05) is 6.26 Å². The standard InChI is InChI=1S/C17H12FN3O3S2/c1-25-12-5-6-15(21(23)24)13(8-12)16(22)20-17-19-14(9-26-17)10-3-2-4-11(18)7-10/h2-9H,1H3,(H,19,20,22). The number of nitrogens with one attached hydrogen (secondary N) is 1. The fraction of sp³-hybridized carbons (Fsp3) is 0.0588. The second-order valence-electron chi connectivity index (χ2n) is 5.14. The Morgan fingerprint density at radius 2 is 2.12 bits per heavy atom. The SMILES string of the molecule is CSc1ccc([N+](=O)[O-])c(C(=O)Nc2nc(-c3cccc(F)c3)cs2)c1. The third kappa shape index (κ3) is 3.89. The van der Waals surface area contributed by atoms with Gasteiger partial charge in [-0.3, -0.25) is 20.2 Å². The third-order valence-electron chi connectivity index (χ3n) is 3.49. The van der Waals surface area contributed by atoms with Crippen LogP contribution in [0.15, 0.2) is 52.7 Å². The monoisotopic (exact) mass is 389 g/mol. The summed E-state index contributed by atoms with van der Waals surface area (Å²) >= 11 is 2.54.